The summed E-state index contributed by atoms with van der Waals surface area (Å²) in [7, 11) is 1.60. The predicted octanol–water partition coefficient (Wildman–Crippen LogP) is 4.86. The Morgan fingerprint density at radius 1 is 0.935 bits per heavy atom. The zero-order valence-corrected chi connectivity index (χ0v) is 18.4. The van der Waals surface area contributed by atoms with Crippen LogP contribution in [0.25, 0.3) is 0 Å². The number of nitrogens with one attached hydrogen (secondary N) is 1. The summed E-state index contributed by atoms with van der Waals surface area (Å²) in [6.45, 7) is 0.247. The van der Waals surface area contributed by atoms with E-state index in [0.717, 1.165) is 21.9 Å². The van der Waals surface area contributed by atoms with E-state index in [0.29, 0.717) is 5.02 Å². The maximum Gasteiger partial charge on any atom is 0.253 e. The van der Waals surface area contributed by atoms with E-state index in [1.165, 1.54) is 16.7 Å². The largest absolute Gasteiger partial charge is 0.497 e. The number of likely N-dealkylation sites (tertiary alicyclic amines) is 1. The third-order valence-electron chi connectivity index (χ3n) is 5.02. The van der Waals surface area contributed by atoms with Crippen molar-refractivity contribution in [3.63, 3.8) is 0 Å². The first-order chi connectivity index (χ1) is 15.0. The summed E-state index contributed by atoms with van der Waals surface area (Å²) in [6.07, 6.45) is 0. The number of anilines is 1. The standard InChI is InChI=1S/C24H21ClN2O3S/c1-30-19-11-9-18(10-12-19)26-21-22(31-20-13-7-17(25)8-14-20)24(29)27(23(21)28)15-16-5-3-2-4-6-16/h2-14,21-22,26H,15H2,1H3/t21-,22-/m0/s1. The van der Waals surface area contributed by atoms with Crippen molar-refractivity contribution in [2.75, 3.05) is 12.4 Å². The van der Waals surface area contributed by atoms with Crippen molar-refractivity contribution in [3.8, 4) is 5.75 Å². The van der Waals surface area contributed by atoms with E-state index < -0.39 is 11.3 Å². The lowest BCUT2D eigenvalue weighted by Gasteiger charge is -2.18. The number of carbonyl (C=O) groups excluding carboxylic acids is 2. The molecule has 1 fully saturated rings. The lowest BCUT2D eigenvalue weighted by Crippen LogP contribution is -2.35. The lowest BCUT2D eigenvalue weighted by atomic mass is 10.2. The maximum atomic E-state index is 13.3. The van der Waals surface area contributed by atoms with Crippen molar-refractivity contribution in [1.29, 1.82) is 0 Å². The molecule has 3 aromatic carbocycles. The van der Waals surface area contributed by atoms with Gasteiger partial charge >= 0.3 is 0 Å². The van der Waals surface area contributed by atoms with Gasteiger partial charge in [0.05, 0.1) is 13.7 Å². The number of carbonyl (C=O) groups is 2. The Kier molecular flexibility index (Phi) is 6.49. The number of rotatable bonds is 7. The molecule has 0 spiro atoms. The molecule has 5 nitrogen and oxygen atoms in total. The average Bonchev–Trinajstić information content (AvgIpc) is 3.01. The second kappa shape index (κ2) is 9.45. The molecule has 1 heterocycles. The van der Waals surface area contributed by atoms with Gasteiger partial charge in [0.1, 0.15) is 17.0 Å². The number of thioether (sulfide) groups is 1. The van der Waals surface area contributed by atoms with E-state index in [1.54, 1.807) is 19.2 Å². The van der Waals surface area contributed by atoms with Gasteiger partial charge in [-0.3, -0.25) is 14.5 Å². The highest BCUT2D eigenvalue weighted by Gasteiger charge is 2.48. The highest BCUT2D eigenvalue weighted by atomic mass is 35.5. The first kappa shape index (κ1) is 21.3. The van der Waals surface area contributed by atoms with Gasteiger partial charge in [0.25, 0.3) is 5.91 Å². The zero-order valence-electron chi connectivity index (χ0n) is 16.8. The molecule has 7 heteroatoms. The number of hydrogen-bond acceptors (Lipinski definition) is 5. The molecule has 4 rings (SSSR count). The minimum Gasteiger partial charge on any atom is -0.497 e. The monoisotopic (exact) mass is 452 g/mol. The summed E-state index contributed by atoms with van der Waals surface area (Å²) in [4.78, 5) is 28.8. The summed E-state index contributed by atoms with van der Waals surface area (Å²) in [5.41, 5.74) is 1.65. The van der Waals surface area contributed by atoms with Crippen LogP contribution in [-0.2, 0) is 16.1 Å². The minimum atomic E-state index is -0.690. The zero-order chi connectivity index (χ0) is 21.8. The maximum absolute atomic E-state index is 13.3. The third-order valence-corrected chi connectivity index (χ3v) is 6.54. The molecule has 0 radical (unpaired) electrons. The number of imide groups is 1. The molecule has 2 amide bonds. The molecule has 1 aliphatic heterocycles. The van der Waals surface area contributed by atoms with Gasteiger partial charge in [-0.25, -0.2) is 0 Å². The van der Waals surface area contributed by atoms with E-state index in [9.17, 15) is 9.59 Å². The third kappa shape index (κ3) is 4.86. The van der Waals surface area contributed by atoms with Crippen molar-refractivity contribution < 1.29 is 14.3 Å². The van der Waals surface area contributed by atoms with Crippen LogP contribution in [0.4, 0.5) is 5.69 Å². The molecular weight excluding hydrogens is 432 g/mol. The molecule has 158 valence electrons. The van der Waals surface area contributed by atoms with Crippen LogP contribution in [0.5, 0.6) is 5.75 Å². The summed E-state index contributed by atoms with van der Waals surface area (Å²) in [6, 6.07) is 23.4. The van der Waals surface area contributed by atoms with Gasteiger partial charge in [-0.1, -0.05) is 41.9 Å². The van der Waals surface area contributed by atoms with Gasteiger partial charge in [0.15, 0.2) is 0 Å². The number of halogens is 1. The van der Waals surface area contributed by atoms with Crippen molar-refractivity contribution in [2.24, 2.45) is 0 Å². The molecule has 0 unspecified atom stereocenters. The minimum absolute atomic E-state index is 0.209. The van der Waals surface area contributed by atoms with Crippen LogP contribution < -0.4 is 10.1 Å². The highest BCUT2D eigenvalue weighted by Crippen LogP contribution is 2.34. The van der Waals surface area contributed by atoms with Crippen molar-refractivity contribution in [2.45, 2.75) is 22.7 Å². The van der Waals surface area contributed by atoms with Gasteiger partial charge < -0.3 is 10.1 Å². The van der Waals surface area contributed by atoms with Gasteiger partial charge in [-0.2, -0.15) is 0 Å². The van der Waals surface area contributed by atoms with E-state index in [1.807, 2.05) is 66.7 Å². The smallest absolute Gasteiger partial charge is 0.253 e. The average molecular weight is 453 g/mol. The lowest BCUT2D eigenvalue weighted by molar-refractivity contribution is -0.139. The van der Waals surface area contributed by atoms with Crippen molar-refractivity contribution in [1.82, 2.24) is 4.90 Å². The highest BCUT2D eigenvalue weighted by molar-refractivity contribution is 8.00. The predicted molar refractivity (Wildman–Crippen MR) is 124 cm³/mol. The molecular formula is C24H21ClN2O3S. The van der Waals surface area contributed by atoms with Crippen LogP contribution in [0, 0.1) is 0 Å². The molecule has 1 saturated heterocycles. The van der Waals surface area contributed by atoms with E-state index in [2.05, 4.69) is 5.32 Å². The Hall–Kier alpha value is -2.96. The summed E-state index contributed by atoms with van der Waals surface area (Å²) >= 11 is 7.36. The number of hydrogen-bond donors (Lipinski definition) is 1. The quantitative estimate of drug-likeness (QED) is 0.519. The van der Waals surface area contributed by atoms with E-state index in [-0.39, 0.29) is 18.4 Å². The molecule has 2 atom stereocenters. The number of nitrogens with zero attached hydrogens (tertiary/aromatic N) is 1. The van der Waals surface area contributed by atoms with Crippen LogP contribution >= 0.6 is 23.4 Å². The van der Waals surface area contributed by atoms with Crippen LogP contribution in [-0.4, -0.2) is 35.1 Å². The summed E-state index contributed by atoms with van der Waals surface area (Å²) in [5.74, 6) is 0.271. The van der Waals surface area contributed by atoms with Crippen LogP contribution in [0.2, 0.25) is 5.02 Å². The fraction of sp³-hybridized carbons (Fsp3) is 0.167. The molecule has 1 aliphatic rings. The summed E-state index contributed by atoms with van der Waals surface area (Å²) < 4.78 is 5.20. The molecule has 0 aliphatic carbocycles. The Morgan fingerprint density at radius 3 is 2.26 bits per heavy atom. The van der Waals surface area contributed by atoms with Crippen molar-refractivity contribution >= 4 is 40.9 Å². The van der Waals surface area contributed by atoms with Gasteiger partial charge in [-0.05, 0) is 54.1 Å². The number of amides is 2. The molecule has 1 N–H and O–H groups in total. The second-order valence-corrected chi connectivity index (χ2v) is 8.74. The second-order valence-electron chi connectivity index (χ2n) is 7.09. The Balaban J connectivity index is 1.60. The number of benzene rings is 3. The van der Waals surface area contributed by atoms with E-state index in [4.69, 9.17) is 16.3 Å². The fourth-order valence-corrected chi connectivity index (χ4v) is 4.67. The van der Waals surface area contributed by atoms with Crippen molar-refractivity contribution in [3.05, 3.63) is 89.4 Å². The number of ether oxygens (including phenoxy) is 1. The molecule has 31 heavy (non-hydrogen) atoms. The van der Waals surface area contributed by atoms with Crippen LogP contribution in [0.3, 0.4) is 0 Å². The van der Waals surface area contributed by atoms with E-state index >= 15 is 0 Å². The number of methoxy groups -OCH3 is 1. The van der Waals surface area contributed by atoms with Gasteiger partial charge in [-0.15, -0.1) is 11.8 Å². The topological polar surface area (TPSA) is 58.6 Å². The van der Waals surface area contributed by atoms with Crippen LogP contribution in [0.1, 0.15) is 5.56 Å². The van der Waals surface area contributed by atoms with Gasteiger partial charge in [0.2, 0.25) is 5.91 Å². The Bertz CT molecular complexity index is 1060. The van der Waals surface area contributed by atoms with Crippen LogP contribution in [0.15, 0.2) is 83.8 Å². The molecule has 3 aromatic rings. The molecule has 0 aromatic heterocycles. The first-order valence-corrected chi connectivity index (χ1v) is 11.0. The molecule has 0 saturated carbocycles. The summed E-state index contributed by atoms with van der Waals surface area (Å²) in [5, 5.41) is 3.28. The Labute approximate surface area is 190 Å². The fourth-order valence-electron chi connectivity index (χ4n) is 3.41. The van der Waals surface area contributed by atoms with Gasteiger partial charge in [0, 0.05) is 15.6 Å². The Morgan fingerprint density at radius 2 is 1.61 bits per heavy atom. The first-order valence-electron chi connectivity index (χ1n) is 9.77. The SMILES string of the molecule is COc1ccc(N[C@@H]2C(=O)N(Cc3ccccc3)C(=O)[C@H]2Sc2ccc(Cl)cc2)cc1. The molecule has 0 bridgehead atoms. The normalized spacial score (nSPS) is 18.3.